The molecule has 0 aliphatic carbocycles. The highest BCUT2D eigenvalue weighted by Crippen LogP contribution is 2.26. The van der Waals surface area contributed by atoms with Gasteiger partial charge >= 0.3 is 0 Å². The van der Waals surface area contributed by atoms with E-state index in [1.807, 2.05) is 30.3 Å². The smallest absolute Gasteiger partial charge is 0.238 e. The summed E-state index contributed by atoms with van der Waals surface area (Å²) in [6.45, 7) is 3.23. The number of Topliss-reactive ketones (excluding diaryl/α,β-unsaturated/α-hetero) is 1. The Balaban J connectivity index is 2.00. The van der Waals surface area contributed by atoms with E-state index in [0.29, 0.717) is 17.5 Å². The molecule has 0 aliphatic rings. The Labute approximate surface area is 109 Å². The van der Waals surface area contributed by atoms with Crippen molar-refractivity contribution in [3.63, 3.8) is 0 Å². The maximum absolute atomic E-state index is 11.3. The minimum absolute atomic E-state index is 0.0141. The first kappa shape index (κ1) is 11.6. The topological polar surface area (TPSA) is 69.1 Å². The van der Waals surface area contributed by atoms with Gasteiger partial charge in [-0.1, -0.05) is 23.4 Å². The first-order chi connectivity index (χ1) is 9.15. The van der Waals surface area contributed by atoms with Crippen LogP contribution in [0.1, 0.15) is 25.7 Å². The van der Waals surface area contributed by atoms with Gasteiger partial charge in [0.15, 0.2) is 5.76 Å². The molecule has 2 aromatic heterocycles. The van der Waals surface area contributed by atoms with Gasteiger partial charge in [-0.3, -0.25) is 4.79 Å². The summed E-state index contributed by atoms with van der Waals surface area (Å²) in [4.78, 5) is 15.5. The molecule has 3 rings (SSSR count). The van der Waals surface area contributed by atoms with E-state index < -0.39 is 5.92 Å². The van der Waals surface area contributed by atoms with E-state index in [2.05, 4.69) is 10.1 Å². The van der Waals surface area contributed by atoms with E-state index in [1.54, 1.807) is 6.92 Å². The van der Waals surface area contributed by atoms with E-state index in [4.69, 9.17) is 8.94 Å². The molecule has 2 heterocycles. The third-order valence-corrected chi connectivity index (χ3v) is 3.07. The van der Waals surface area contributed by atoms with Crippen molar-refractivity contribution in [3.8, 4) is 11.6 Å². The van der Waals surface area contributed by atoms with Crippen LogP contribution in [0.25, 0.3) is 22.6 Å². The summed E-state index contributed by atoms with van der Waals surface area (Å²) in [6.07, 6.45) is 0. The van der Waals surface area contributed by atoms with Crippen LogP contribution in [0.4, 0.5) is 0 Å². The summed E-state index contributed by atoms with van der Waals surface area (Å²) in [5.41, 5.74) is 0.767. The van der Waals surface area contributed by atoms with Crippen molar-refractivity contribution >= 4 is 16.8 Å². The molecule has 5 nitrogen and oxygen atoms in total. The molecule has 0 fully saturated rings. The molecule has 0 amide bonds. The molecule has 1 atom stereocenters. The van der Waals surface area contributed by atoms with Crippen molar-refractivity contribution < 1.29 is 13.7 Å². The number of para-hydroxylation sites is 1. The zero-order valence-corrected chi connectivity index (χ0v) is 10.6. The predicted octanol–water partition coefficient (Wildman–Crippen LogP) is 3.18. The molecule has 3 aromatic rings. The highest BCUT2D eigenvalue weighted by molar-refractivity contribution is 5.82. The lowest BCUT2D eigenvalue weighted by atomic mass is 10.1. The number of benzene rings is 1. The van der Waals surface area contributed by atoms with Gasteiger partial charge in [0.05, 0.1) is 5.92 Å². The molecule has 0 saturated carbocycles. The van der Waals surface area contributed by atoms with Crippen LogP contribution in [-0.4, -0.2) is 15.9 Å². The molecule has 1 unspecified atom stereocenters. The number of carbonyl (C=O) groups excluding carboxylic acids is 1. The van der Waals surface area contributed by atoms with Gasteiger partial charge in [0.2, 0.25) is 11.7 Å². The molecular formula is C14H12N2O3. The van der Waals surface area contributed by atoms with E-state index in [1.165, 1.54) is 6.92 Å². The van der Waals surface area contributed by atoms with Gasteiger partial charge in [-0.2, -0.15) is 4.98 Å². The van der Waals surface area contributed by atoms with Crippen LogP contribution < -0.4 is 0 Å². The lowest BCUT2D eigenvalue weighted by Crippen LogP contribution is -2.04. The van der Waals surface area contributed by atoms with Crippen molar-refractivity contribution in [1.29, 1.82) is 0 Å². The average Bonchev–Trinajstić information content (AvgIpc) is 3.03. The third kappa shape index (κ3) is 2.03. The lowest BCUT2D eigenvalue weighted by Gasteiger charge is -1.97. The maximum atomic E-state index is 11.3. The Morgan fingerprint density at radius 1 is 1.32 bits per heavy atom. The number of hydrogen-bond donors (Lipinski definition) is 0. The van der Waals surface area contributed by atoms with Crippen LogP contribution in [-0.2, 0) is 4.79 Å². The number of carbonyl (C=O) groups is 1. The number of fused-ring (bicyclic) bond motifs is 1. The van der Waals surface area contributed by atoms with Crippen molar-refractivity contribution in [3.05, 3.63) is 36.2 Å². The van der Waals surface area contributed by atoms with Crippen molar-refractivity contribution in [2.75, 3.05) is 0 Å². The van der Waals surface area contributed by atoms with E-state index >= 15 is 0 Å². The van der Waals surface area contributed by atoms with Crippen LogP contribution in [0.15, 0.2) is 39.3 Å². The van der Waals surface area contributed by atoms with E-state index in [-0.39, 0.29) is 5.78 Å². The maximum Gasteiger partial charge on any atom is 0.238 e. The van der Waals surface area contributed by atoms with Crippen LogP contribution >= 0.6 is 0 Å². The minimum atomic E-state index is -0.398. The van der Waals surface area contributed by atoms with Gasteiger partial charge in [-0.05, 0) is 26.0 Å². The summed E-state index contributed by atoms with van der Waals surface area (Å²) in [5.74, 6) is 0.791. The number of furan rings is 1. The molecule has 0 radical (unpaired) electrons. The summed E-state index contributed by atoms with van der Waals surface area (Å²) in [6, 6.07) is 9.50. The molecule has 0 bridgehead atoms. The highest BCUT2D eigenvalue weighted by atomic mass is 16.5. The number of aromatic nitrogens is 2. The second-order valence-electron chi connectivity index (χ2n) is 4.44. The van der Waals surface area contributed by atoms with E-state index in [0.717, 1.165) is 11.0 Å². The Morgan fingerprint density at radius 2 is 2.11 bits per heavy atom. The number of rotatable bonds is 3. The molecule has 1 aromatic carbocycles. The zero-order chi connectivity index (χ0) is 13.4. The van der Waals surface area contributed by atoms with Crippen molar-refractivity contribution in [2.24, 2.45) is 0 Å². The van der Waals surface area contributed by atoms with Crippen LogP contribution in [0.5, 0.6) is 0 Å². The standard InChI is InChI=1S/C14H12N2O3/c1-8(9(2)17)14-15-13(16-19-14)12-7-10-5-3-4-6-11(10)18-12/h3-8H,1-2H3. The molecule has 0 saturated heterocycles. The molecule has 0 spiro atoms. The van der Waals surface area contributed by atoms with E-state index in [9.17, 15) is 4.79 Å². The van der Waals surface area contributed by atoms with Gasteiger partial charge in [0, 0.05) is 5.39 Å². The minimum Gasteiger partial charge on any atom is -0.453 e. The first-order valence-electron chi connectivity index (χ1n) is 5.98. The van der Waals surface area contributed by atoms with Crippen LogP contribution in [0.2, 0.25) is 0 Å². The largest absolute Gasteiger partial charge is 0.453 e. The Morgan fingerprint density at radius 3 is 2.84 bits per heavy atom. The second kappa shape index (κ2) is 4.35. The molecular weight excluding hydrogens is 244 g/mol. The fourth-order valence-electron chi connectivity index (χ4n) is 1.78. The molecule has 96 valence electrons. The van der Waals surface area contributed by atoms with Crippen LogP contribution in [0.3, 0.4) is 0 Å². The monoisotopic (exact) mass is 256 g/mol. The highest BCUT2D eigenvalue weighted by Gasteiger charge is 2.20. The number of ketones is 1. The average molecular weight is 256 g/mol. The van der Waals surface area contributed by atoms with Crippen LogP contribution in [0, 0.1) is 0 Å². The SMILES string of the molecule is CC(=O)C(C)c1nc(-c2cc3ccccc3o2)no1. The fourth-order valence-corrected chi connectivity index (χ4v) is 1.78. The number of hydrogen-bond acceptors (Lipinski definition) is 5. The molecule has 0 N–H and O–H groups in total. The van der Waals surface area contributed by atoms with Gasteiger partial charge in [0.1, 0.15) is 11.4 Å². The summed E-state index contributed by atoms with van der Waals surface area (Å²) in [7, 11) is 0. The van der Waals surface area contributed by atoms with Crippen molar-refractivity contribution in [2.45, 2.75) is 19.8 Å². The Hall–Kier alpha value is -2.43. The fraction of sp³-hybridized carbons (Fsp3) is 0.214. The first-order valence-corrected chi connectivity index (χ1v) is 5.98. The zero-order valence-electron chi connectivity index (χ0n) is 10.6. The molecule has 5 heteroatoms. The van der Waals surface area contributed by atoms with Gasteiger partial charge < -0.3 is 8.94 Å². The summed E-state index contributed by atoms with van der Waals surface area (Å²) >= 11 is 0. The van der Waals surface area contributed by atoms with Gasteiger partial charge in [-0.25, -0.2) is 0 Å². The van der Waals surface area contributed by atoms with Crippen molar-refractivity contribution in [1.82, 2.24) is 10.1 Å². The summed E-state index contributed by atoms with van der Waals surface area (Å²) in [5, 5.41) is 4.83. The molecule has 0 aliphatic heterocycles. The second-order valence-corrected chi connectivity index (χ2v) is 4.44. The quantitative estimate of drug-likeness (QED) is 0.719. The number of nitrogens with zero attached hydrogens (tertiary/aromatic N) is 2. The van der Waals surface area contributed by atoms with Gasteiger partial charge in [-0.15, -0.1) is 0 Å². The predicted molar refractivity (Wildman–Crippen MR) is 68.6 cm³/mol. The molecule has 19 heavy (non-hydrogen) atoms. The Bertz CT molecular complexity index is 709. The lowest BCUT2D eigenvalue weighted by molar-refractivity contribution is -0.118. The Kier molecular flexibility index (Phi) is 2.67. The third-order valence-electron chi connectivity index (χ3n) is 3.07. The summed E-state index contributed by atoms with van der Waals surface area (Å²) < 4.78 is 10.7. The van der Waals surface area contributed by atoms with Gasteiger partial charge in [0.25, 0.3) is 0 Å². The normalized spacial score (nSPS) is 12.7.